The Morgan fingerprint density at radius 3 is 2.50 bits per heavy atom. The van der Waals surface area contributed by atoms with E-state index in [0.29, 0.717) is 12.6 Å². The van der Waals surface area contributed by atoms with E-state index < -0.39 is 5.97 Å². The van der Waals surface area contributed by atoms with Gasteiger partial charge in [0.25, 0.3) is 0 Å². The van der Waals surface area contributed by atoms with Gasteiger partial charge in [0.05, 0.1) is 6.42 Å². The Labute approximate surface area is 85.9 Å². The molecule has 0 aliphatic heterocycles. The van der Waals surface area contributed by atoms with E-state index in [9.17, 15) is 4.79 Å². The highest BCUT2D eigenvalue weighted by Crippen LogP contribution is 2.26. The van der Waals surface area contributed by atoms with Crippen molar-refractivity contribution in [3.63, 3.8) is 0 Å². The maximum atomic E-state index is 10.3. The predicted molar refractivity (Wildman–Crippen MR) is 56.3 cm³/mol. The molecular formula is C11H21NO2. The molecule has 1 aliphatic carbocycles. The van der Waals surface area contributed by atoms with Crippen LogP contribution < -0.4 is 5.32 Å². The standard InChI is InChI=1S/C11H21NO2/c1-2-9-3-5-10(6-4-9)12-8-7-11(13)14/h9-10,12H,2-8H2,1H3,(H,13,14). The summed E-state index contributed by atoms with van der Waals surface area (Å²) in [6, 6.07) is 0.567. The first-order valence-electron chi connectivity index (χ1n) is 5.67. The van der Waals surface area contributed by atoms with E-state index in [4.69, 9.17) is 5.11 Å². The summed E-state index contributed by atoms with van der Waals surface area (Å²) in [7, 11) is 0. The lowest BCUT2D eigenvalue weighted by Gasteiger charge is -2.28. The molecule has 0 unspecified atom stereocenters. The van der Waals surface area contributed by atoms with Crippen LogP contribution in [-0.2, 0) is 4.79 Å². The Kier molecular flexibility index (Phi) is 4.94. The Hall–Kier alpha value is -0.570. The lowest BCUT2D eigenvalue weighted by molar-refractivity contribution is -0.136. The molecule has 2 N–H and O–H groups in total. The highest BCUT2D eigenvalue weighted by Gasteiger charge is 2.19. The van der Waals surface area contributed by atoms with Gasteiger partial charge in [-0.25, -0.2) is 0 Å². The molecule has 0 radical (unpaired) electrons. The van der Waals surface area contributed by atoms with Crippen molar-refractivity contribution in [1.29, 1.82) is 0 Å². The molecule has 0 atom stereocenters. The fourth-order valence-corrected chi connectivity index (χ4v) is 2.16. The van der Waals surface area contributed by atoms with Crippen LogP contribution in [0.1, 0.15) is 45.4 Å². The number of carboxylic acids is 1. The molecule has 14 heavy (non-hydrogen) atoms. The summed E-state index contributed by atoms with van der Waals surface area (Å²) in [4.78, 5) is 10.3. The van der Waals surface area contributed by atoms with Crippen LogP contribution in [0.25, 0.3) is 0 Å². The third-order valence-corrected chi connectivity index (χ3v) is 3.20. The Morgan fingerprint density at radius 1 is 1.36 bits per heavy atom. The predicted octanol–water partition coefficient (Wildman–Crippen LogP) is 2.02. The third kappa shape index (κ3) is 4.09. The van der Waals surface area contributed by atoms with E-state index in [-0.39, 0.29) is 6.42 Å². The number of hydrogen-bond acceptors (Lipinski definition) is 2. The zero-order valence-electron chi connectivity index (χ0n) is 8.96. The van der Waals surface area contributed by atoms with Crippen LogP contribution in [-0.4, -0.2) is 23.7 Å². The van der Waals surface area contributed by atoms with E-state index in [1.165, 1.54) is 32.1 Å². The van der Waals surface area contributed by atoms with E-state index in [1.54, 1.807) is 0 Å². The van der Waals surface area contributed by atoms with Crippen LogP contribution in [0.5, 0.6) is 0 Å². The van der Waals surface area contributed by atoms with Crippen LogP contribution in [0.2, 0.25) is 0 Å². The Morgan fingerprint density at radius 2 is 2.00 bits per heavy atom. The van der Waals surface area contributed by atoms with Gasteiger partial charge in [-0.1, -0.05) is 13.3 Å². The zero-order chi connectivity index (χ0) is 10.4. The molecule has 1 fully saturated rings. The molecule has 1 saturated carbocycles. The van der Waals surface area contributed by atoms with Crippen molar-refractivity contribution in [2.45, 2.75) is 51.5 Å². The van der Waals surface area contributed by atoms with Gasteiger partial charge in [-0.05, 0) is 31.6 Å². The van der Waals surface area contributed by atoms with Crippen molar-refractivity contribution in [3.05, 3.63) is 0 Å². The smallest absolute Gasteiger partial charge is 0.304 e. The van der Waals surface area contributed by atoms with Gasteiger partial charge in [-0.2, -0.15) is 0 Å². The Bertz CT molecular complexity index is 174. The topological polar surface area (TPSA) is 49.3 Å². The summed E-state index contributed by atoms with van der Waals surface area (Å²) in [5, 5.41) is 11.8. The van der Waals surface area contributed by atoms with Gasteiger partial charge in [0, 0.05) is 12.6 Å². The van der Waals surface area contributed by atoms with Crippen molar-refractivity contribution in [2.24, 2.45) is 5.92 Å². The van der Waals surface area contributed by atoms with Crippen LogP contribution in [0.15, 0.2) is 0 Å². The average molecular weight is 199 g/mol. The maximum Gasteiger partial charge on any atom is 0.304 e. The van der Waals surface area contributed by atoms with E-state index >= 15 is 0 Å². The quantitative estimate of drug-likeness (QED) is 0.712. The van der Waals surface area contributed by atoms with Crippen LogP contribution in [0, 0.1) is 5.92 Å². The second-order valence-corrected chi connectivity index (χ2v) is 4.22. The SMILES string of the molecule is CCC1CCC(NCCC(=O)O)CC1. The number of carboxylic acid groups (broad SMARTS) is 1. The van der Waals surface area contributed by atoms with Gasteiger partial charge < -0.3 is 10.4 Å². The molecule has 0 aromatic carbocycles. The number of rotatable bonds is 5. The molecule has 3 nitrogen and oxygen atoms in total. The van der Waals surface area contributed by atoms with E-state index in [2.05, 4.69) is 12.2 Å². The molecule has 0 aromatic heterocycles. The molecule has 0 aromatic rings. The summed E-state index contributed by atoms with van der Waals surface area (Å²) in [5.41, 5.74) is 0. The lowest BCUT2D eigenvalue weighted by Crippen LogP contribution is -2.34. The number of hydrogen-bond donors (Lipinski definition) is 2. The fourth-order valence-electron chi connectivity index (χ4n) is 2.16. The van der Waals surface area contributed by atoms with Gasteiger partial charge in [0.1, 0.15) is 0 Å². The fraction of sp³-hybridized carbons (Fsp3) is 0.909. The number of nitrogens with one attached hydrogen (secondary N) is 1. The summed E-state index contributed by atoms with van der Waals surface area (Å²) in [6.07, 6.45) is 6.59. The first-order chi connectivity index (χ1) is 6.72. The molecule has 0 saturated heterocycles. The minimum Gasteiger partial charge on any atom is -0.481 e. The molecule has 1 rings (SSSR count). The molecular weight excluding hydrogens is 178 g/mol. The zero-order valence-corrected chi connectivity index (χ0v) is 8.96. The van der Waals surface area contributed by atoms with Crippen LogP contribution >= 0.6 is 0 Å². The highest BCUT2D eigenvalue weighted by atomic mass is 16.4. The van der Waals surface area contributed by atoms with Crippen molar-refractivity contribution >= 4 is 5.97 Å². The highest BCUT2D eigenvalue weighted by molar-refractivity contribution is 5.66. The van der Waals surface area contributed by atoms with Crippen LogP contribution in [0.4, 0.5) is 0 Å². The summed E-state index contributed by atoms with van der Waals surface area (Å²) >= 11 is 0. The third-order valence-electron chi connectivity index (χ3n) is 3.20. The molecule has 0 bridgehead atoms. The maximum absolute atomic E-state index is 10.3. The van der Waals surface area contributed by atoms with Crippen LogP contribution in [0.3, 0.4) is 0 Å². The first kappa shape index (κ1) is 11.5. The van der Waals surface area contributed by atoms with Gasteiger partial charge in [0.2, 0.25) is 0 Å². The minimum atomic E-state index is -0.709. The largest absolute Gasteiger partial charge is 0.481 e. The Balaban J connectivity index is 2.07. The normalized spacial score (nSPS) is 27.5. The van der Waals surface area contributed by atoms with Crippen molar-refractivity contribution < 1.29 is 9.90 Å². The molecule has 0 spiro atoms. The van der Waals surface area contributed by atoms with Gasteiger partial charge in [0.15, 0.2) is 0 Å². The van der Waals surface area contributed by atoms with E-state index in [1.807, 2.05) is 0 Å². The second kappa shape index (κ2) is 6.02. The van der Waals surface area contributed by atoms with Crippen molar-refractivity contribution in [1.82, 2.24) is 5.32 Å². The molecule has 3 heteroatoms. The first-order valence-corrected chi connectivity index (χ1v) is 5.67. The minimum absolute atomic E-state index is 0.244. The lowest BCUT2D eigenvalue weighted by atomic mass is 9.84. The number of carbonyl (C=O) groups is 1. The van der Waals surface area contributed by atoms with Gasteiger partial charge in [-0.15, -0.1) is 0 Å². The summed E-state index contributed by atoms with van der Waals surface area (Å²) < 4.78 is 0. The van der Waals surface area contributed by atoms with Crippen molar-refractivity contribution in [2.75, 3.05) is 6.54 Å². The second-order valence-electron chi connectivity index (χ2n) is 4.22. The van der Waals surface area contributed by atoms with Gasteiger partial charge in [-0.3, -0.25) is 4.79 Å². The number of aliphatic carboxylic acids is 1. The van der Waals surface area contributed by atoms with E-state index in [0.717, 1.165) is 5.92 Å². The molecule has 82 valence electrons. The molecule has 0 heterocycles. The van der Waals surface area contributed by atoms with Crippen molar-refractivity contribution in [3.8, 4) is 0 Å². The molecule has 1 aliphatic rings. The molecule has 0 amide bonds. The van der Waals surface area contributed by atoms with Gasteiger partial charge >= 0.3 is 5.97 Å². The average Bonchev–Trinajstić information content (AvgIpc) is 2.18. The monoisotopic (exact) mass is 199 g/mol. The summed E-state index contributed by atoms with van der Waals surface area (Å²) in [5.74, 6) is 0.201. The summed E-state index contributed by atoms with van der Waals surface area (Å²) in [6.45, 7) is 2.87.